The second kappa shape index (κ2) is 6.96. The van der Waals surface area contributed by atoms with Crippen molar-refractivity contribution in [1.29, 1.82) is 0 Å². The molecule has 1 aromatic carbocycles. The molecule has 0 amide bonds. The molecule has 1 rings (SSSR count). The minimum atomic E-state index is -6.29. The van der Waals surface area contributed by atoms with Crippen molar-refractivity contribution < 1.29 is 45.4 Å². The van der Waals surface area contributed by atoms with E-state index in [2.05, 4.69) is 4.74 Å². The molecule has 0 aliphatic rings. The molecule has 1 atom stereocenters. The largest absolute Gasteiger partial charge is 0.462 e. The van der Waals surface area contributed by atoms with Crippen LogP contribution < -0.4 is 0 Å². The fourth-order valence-corrected chi connectivity index (χ4v) is 1.95. The van der Waals surface area contributed by atoms with Gasteiger partial charge in [0, 0.05) is 6.42 Å². The van der Waals surface area contributed by atoms with Crippen LogP contribution in [0.5, 0.6) is 0 Å². The highest BCUT2D eigenvalue weighted by Crippen LogP contribution is 2.50. The molecule has 0 bridgehead atoms. The van der Waals surface area contributed by atoms with Crippen LogP contribution in [0.1, 0.15) is 35.4 Å². The maximum Gasteiger partial charge on any atom is 0.431 e. The Bertz CT molecular complexity index is 566. The van der Waals surface area contributed by atoms with E-state index < -0.39 is 47.6 Å². The van der Waals surface area contributed by atoms with E-state index in [1.807, 2.05) is 0 Å². The molecule has 0 heterocycles. The van der Waals surface area contributed by atoms with Crippen LogP contribution in [0.3, 0.4) is 0 Å². The van der Waals surface area contributed by atoms with E-state index in [9.17, 15) is 40.6 Å². The van der Waals surface area contributed by atoms with Crippen LogP contribution in [0.15, 0.2) is 24.3 Å². The molecule has 0 aliphatic carbocycles. The highest BCUT2D eigenvalue weighted by Gasteiger charge is 2.72. The summed E-state index contributed by atoms with van der Waals surface area (Å²) in [5, 5.41) is 9.73. The van der Waals surface area contributed by atoms with Gasteiger partial charge in [0.25, 0.3) is 0 Å². The number of halogens is 7. The zero-order chi connectivity index (χ0) is 18.8. The SMILES string of the molecule is CCOC(=O)c1ccccc1C(O)CC(F)(C(F)(F)F)C(F)(F)F. The summed E-state index contributed by atoms with van der Waals surface area (Å²) in [7, 11) is 0. The van der Waals surface area contributed by atoms with Crippen molar-refractivity contribution in [3.05, 3.63) is 35.4 Å². The summed E-state index contributed by atoms with van der Waals surface area (Å²) < 4.78 is 93.6. The zero-order valence-corrected chi connectivity index (χ0v) is 12.2. The maximum atomic E-state index is 13.7. The molecule has 1 unspecified atom stereocenters. The van der Waals surface area contributed by atoms with Crippen LogP contribution >= 0.6 is 0 Å². The topological polar surface area (TPSA) is 46.5 Å². The Kier molecular flexibility index (Phi) is 5.86. The maximum absolute atomic E-state index is 13.7. The summed E-state index contributed by atoms with van der Waals surface area (Å²) in [6.07, 6.45) is -17.4. The molecule has 0 radical (unpaired) electrons. The van der Waals surface area contributed by atoms with Crippen molar-refractivity contribution in [2.24, 2.45) is 0 Å². The fraction of sp³-hybridized carbons (Fsp3) is 0.500. The van der Waals surface area contributed by atoms with Gasteiger partial charge in [0.1, 0.15) is 0 Å². The van der Waals surface area contributed by atoms with Gasteiger partial charge in [0.05, 0.1) is 18.3 Å². The average Bonchev–Trinajstić information content (AvgIpc) is 2.45. The fourth-order valence-electron chi connectivity index (χ4n) is 1.95. The molecular formula is C14H13F7O3. The van der Waals surface area contributed by atoms with Gasteiger partial charge in [0.2, 0.25) is 0 Å². The summed E-state index contributed by atoms with van der Waals surface area (Å²) in [5.74, 6) is -1.06. The predicted octanol–water partition coefficient (Wildman–Crippen LogP) is 4.12. The lowest BCUT2D eigenvalue weighted by molar-refractivity contribution is -0.347. The number of hydrogen-bond acceptors (Lipinski definition) is 3. The number of aliphatic hydroxyl groups excluding tert-OH is 1. The monoisotopic (exact) mass is 362 g/mol. The minimum absolute atomic E-state index is 0.110. The number of alkyl halides is 7. The van der Waals surface area contributed by atoms with E-state index in [0.29, 0.717) is 0 Å². The Labute approximate surface area is 132 Å². The summed E-state index contributed by atoms with van der Waals surface area (Å²) in [6.45, 7) is 1.32. The predicted molar refractivity (Wildman–Crippen MR) is 67.9 cm³/mol. The van der Waals surface area contributed by atoms with Gasteiger partial charge in [-0.15, -0.1) is 0 Å². The third kappa shape index (κ3) is 3.97. The van der Waals surface area contributed by atoms with Gasteiger partial charge in [0.15, 0.2) is 0 Å². The zero-order valence-electron chi connectivity index (χ0n) is 12.2. The minimum Gasteiger partial charge on any atom is -0.462 e. The molecule has 3 nitrogen and oxygen atoms in total. The summed E-state index contributed by atoms with van der Waals surface area (Å²) in [5.41, 5.74) is -6.66. The Hall–Kier alpha value is -1.84. The smallest absolute Gasteiger partial charge is 0.431 e. The van der Waals surface area contributed by atoms with Crippen LogP contribution in [0, 0.1) is 0 Å². The van der Waals surface area contributed by atoms with Gasteiger partial charge in [-0.3, -0.25) is 0 Å². The van der Waals surface area contributed by atoms with E-state index in [0.717, 1.165) is 12.1 Å². The first-order valence-electron chi connectivity index (χ1n) is 6.61. The van der Waals surface area contributed by atoms with Crippen molar-refractivity contribution in [2.75, 3.05) is 6.61 Å². The first-order valence-corrected chi connectivity index (χ1v) is 6.61. The van der Waals surface area contributed by atoms with Crippen molar-refractivity contribution >= 4 is 5.97 Å². The van der Waals surface area contributed by atoms with Gasteiger partial charge in [-0.25, -0.2) is 9.18 Å². The molecule has 0 fully saturated rings. The Morgan fingerprint density at radius 3 is 2.04 bits per heavy atom. The van der Waals surface area contributed by atoms with Crippen molar-refractivity contribution in [2.45, 2.75) is 37.5 Å². The lowest BCUT2D eigenvalue weighted by Crippen LogP contribution is -2.54. The number of benzene rings is 1. The first-order chi connectivity index (χ1) is 10.8. The number of rotatable bonds is 5. The third-order valence-corrected chi connectivity index (χ3v) is 3.19. The third-order valence-electron chi connectivity index (χ3n) is 3.19. The molecule has 0 saturated carbocycles. The molecule has 0 aromatic heterocycles. The number of hydrogen-bond donors (Lipinski definition) is 1. The van der Waals surface area contributed by atoms with E-state index >= 15 is 0 Å². The molecule has 1 N–H and O–H groups in total. The molecule has 0 spiro atoms. The Morgan fingerprint density at radius 2 is 1.58 bits per heavy atom. The molecule has 1 aromatic rings. The summed E-state index contributed by atoms with van der Waals surface area (Å²) in [6, 6.07) is 4.39. The average molecular weight is 362 g/mol. The lowest BCUT2D eigenvalue weighted by atomic mass is 9.91. The highest BCUT2D eigenvalue weighted by molar-refractivity contribution is 5.91. The quantitative estimate of drug-likeness (QED) is 0.633. The van der Waals surface area contributed by atoms with Crippen LogP contribution in [0.2, 0.25) is 0 Å². The van der Waals surface area contributed by atoms with E-state index in [-0.39, 0.29) is 6.61 Å². The Balaban J connectivity index is 3.24. The molecule has 136 valence electrons. The second-order valence-electron chi connectivity index (χ2n) is 4.82. The van der Waals surface area contributed by atoms with Gasteiger partial charge in [-0.1, -0.05) is 18.2 Å². The summed E-state index contributed by atoms with van der Waals surface area (Å²) >= 11 is 0. The van der Waals surface area contributed by atoms with Gasteiger partial charge in [-0.2, -0.15) is 26.3 Å². The second-order valence-corrected chi connectivity index (χ2v) is 4.82. The van der Waals surface area contributed by atoms with Crippen LogP contribution in [-0.2, 0) is 4.74 Å². The van der Waals surface area contributed by atoms with Crippen molar-refractivity contribution in [3.63, 3.8) is 0 Å². The number of carbonyl (C=O) groups is 1. The van der Waals surface area contributed by atoms with Crippen LogP contribution in [0.4, 0.5) is 30.7 Å². The van der Waals surface area contributed by atoms with Crippen LogP contribution in [-0.4, -0.2) is 35.7 Å². The van der Waals surface area contributed by atoms with E-state index in [1.165, 1.54) is 19.1 Å². The molecule has 24 heavy (non-hydrogen) atoms. The number of carbonyl (C=O) groups excluding carboxylic acids is 1. The normalized spacial score (nSPS) is 14.4. The highest BCUT2D eigenvalue weighted by atomic mass is 19.4. The number of esters is 1. The van der Waals surface area contributed by atoms with Gasteiger partial charge < -0.3 is 9.84 Å². The van der Waals surface area contributed by atoms with E-state index in [4.69, 9.17) is 0 Å². The number of ether oxygens (including phenoxy) is 1. The van der Waals surface area contributed by atoms with E-state index in [1.54, 1.807) is 0 Å². The first kappa shape index (κ1) is 20.2. The van der Waals surface area contributed by atoms with Gasteiger partial charge in [-0.05, 0) is 18.6 Å². The van der Waals surface area contributed by atoms with Gasteiger partial charge >= 0.3 is 24.0 Å². The number of aliphatic hydroxyl groups is 1. The molecule has 10 heteroatoms. The standard InChI is InChI=1S/C14H13F7O3/c1-2-24-11(23)9-6-4-3-5-8(9)10(22)7-12(15,13(16,17)18)14(19,20)21/h3-6,10,22H,2,7H2,1H3. The summed E-state index contributed by atoms with van der Waals surface area (Å²) in [4.78, 5) is 11.7. The lowest BCUT2D eigenvalue weighted by Gasteiger charge is -2.31. The van der Waals surface area contributed by atoms with Crippen molar-refractivity contribution in [3.8, 4) is 0 Å². The van der Waals surface area contributed by atoms with Crippen LogP contribution in [0.25, 0.3) is 0 Å². The van der Waals surface area contributed by atoms with Crippen molar-refractivity contribution in [1.82, 2.24) is 0 Å². The molecular weight excluding hydrogens is 349 g/mol. The Morgan fingerprint density at radius 1 is 1.08 bits per heavy atom. The molecule has 0 aliphatic heterocycles. The molecule has 0 saturated heterocycles.